The number of nitrogens with zero attached hydrogens (tertiary/aromatic N) is 6. The first-order valence-electron chi connectivity index (χ1n) is 24.9. The molecule has 0 fully saturated rings. The highest BCUT2D eigenvalue weighted by molar-refractivity contribution is 8.34. The Kier molecular flexibility index (Phi) is 11.0. The van der Waals surface area contributed by atoms with Crippen LogP contribution in [0.15, 0.2) is 238 Å². The Morgan fingerprint density at radius 2 is 0.918 bits per heavy atom. The molecule has 12 rings (SSSR count). The van der Waals surface area contributed by atoms with Crippen LogP contribution >= 0.6 is 10.0 Å². The van der Waals surface area contributed by atoms with Gasteiger partial charge in [0.25, 0.3) is 0 Å². The van der Waals surface area contributed by atoms with Crippen LogP contribution in [0.5, 0.6) is 0 Å². The summed E-state index contributed by atoms with van der Waals surface area (Å²) < 4.78 is 4.56. The summed E-state index contributed by atoms with van der Waals surface area (Å²) in [5, 5.41) is 14.6. The fourth-order valence-electron chi connectivity index (χ4n) is 10.7. The molecule has 0 aliphatic carbocycles. The molecule has 0 saturated carbocycles. The summed E-state index contributed by atoms with van der Waals surface area (Å²) in [5.41, 5.74) is 9.75. The van der Waals surface area contributed by atoms with Crippen LogP contribution in [0.3, 0.4) is 0 Å². The third-order valence-corrected chi connectivity index (χ3v) is 18.1. The van der Waals surface area contributed by atoms with Gasteiger partial charge in [0.2, 0.25) is 5.95 Å². The van der Waals surface area contributed by atoms with E-state index in [1.165, 1.54) is 30.7 Å². The molecule has 6 nitrogen and oxygen atoms in total. The fourth-order valence-corrected chi connectivity index (χ4v) is 14.6. The summed E-state index contributed by atoms with van der Waals surface area (Å²) in [6.07, 6.45) is 0. The highest BCUT2D eigenvalue weighted by atomic mass is 32.3. The van der Waals surface area contributed by atoms with Crippen LogP contribution in [0.25, 0.3) is 78.0 Å². The summed E-state index contributed by atoms with van der Waals surface area (Å²) in [4.78, 5) is 21.3. The van der Waals surface area contributed by atoms with E-state index in [1.54, 1.807) is 0 Å². The lowest BCUT2D eigenvalue weighted by molar-refractivity contribution is 0.572. The molecule has 7 heteroatoms. The Balaban J connectivity index is 1.12. The molecule has 0 amide bonds. The molecule has 3 heterocycles. The first-order chi connectivity index (χ1) is 35.4. The lowest BCUT2D eigenvalue weighted by Crippen LogP contribution is -2.17. The first kappa shape index (κ1) is 45.6. The number of aromatic nitrogens is 5. The van der Waals surface area contributed by atoms with Gasteiger partial charge >= 0.3 is 0 Å². The minimum atomic E-state index is -2.01. The molecule has 0 aliphatic rings. The van der Waals surface area contributed by atoms with E-state index in [9.17, 15) is 5.26 Å². The number of rotatable bonds is 8. The number of para-hydroxylation sites is 2. The second kappa shape index (κ2) is 17.6. The maximum Gasteiger partial charge on any atom is 0.238 e. The molecule has 0 saturated heterocycles. The normalized spacial score (nSPS) is 12.5. The van der Waals surface area contributed by atoms with Crippen LogP contribution in [0.1, 0.15) is 58.2 Å². The summed E-state index contributed by atoms with van der Waals surface area (Å²) in [5.74, 6) is 1.66. The van der Waals surface area contributed by atoms with Crippen molar-refractivity contribution in [1.29, 1.82) is 5.26 Å². The van der Waals surface area contributed by atoms with Crippen LogP contribution < -0.4 is 0 Å². The summed E-state index contributed by atoms with van der Waals surface area (Å²) in [6, 6.07) is 80.4. The highest BCUT2D eigenvalue weighted by Gasteiger charge is 2.34. The molecule has 73 heavy (non-hydrogen) atoms. The van der Waals surface area contributed by atoms with E-state index in [-0.39, 0.29) is 10.8 Å². The van der Waals surface area contributed by atoms with E-state index in [2.05, 4.69) is 263 Å². The number of hydrogen-bond donors (Lipinski definition) is 0. The lowest BCUT2D eigenvalue weighted by Gasteiger charge is -2.42. The summed E-state index contributed by atoms with van der Waals surface area (Å²) in [6.45, 7) is 13.7. The molecule has 9 aromatic carbocycles. The highest BCUT2D eigenvalue weighted by Crippen LogP contribution is 2.73. The molecule has 0 spiro atoms. The Labute approximate surface area is 428 Å². The Hall–Kier alpha value is -8.57. The zero-order valence-electron chi connectivity index (χ0n) is 41.9. The van der Waals surface area contributed by atoms with E-state index >= 15 is 0 Å². The SMILES string of the molecule is CC(C)(C)c1cc(C(C)(C)C)c2c(c1)c1cc(C#N)ccc1n2-c1cccc(-c2nc(-c3cccc(S(c4ccccc4)(c4ccccc4)c4ccccc4)c3)nc(-n3c4ccccc4c4ccccc43)n2)c1. The second-order valence-corrected chi connectivity index (χ2v) is 24.0. The van der Waals surface area contributed by atoms with Crippen molar-refractivity contribution in [3.63, 3.8) is 0 Å². The van der Waals surface area contributed by atoms with Crippen molar-refractivity contribution in [3.05, 3.63) is 235 Å². The molecule has 0 radical (unpaired) electrons. The van der Waals surface area contributed by atoms with Gasteiger partial charge in [-0.15, -0.1) is 10.0 Å². The Morgan fingerprint density at radius 3 is 1.47 bits per heavy atom. The van der Waals surface area contributed by atoms with E-state index < -0.39 is 10.0 Å². The summed E-state index contributed by atoms with van der Waals surface area (Å²) >= 11 is 0. The van der Waals surface area contributed by atoms with Crippen molar-refractivity contribution in [1.82, 2.24) is 24.1 Å². The van der Waals surface area contributed by atoms with Crippen molar-refractivity contribution < 1.29 is 0 Å². The first-order valence-corrected chi connectivity index (χ1v) is 26.5. The number of hydrogen-bond acceptors (Lipinski definition) is 4. The third-order valence-electron chi connectivity index (χ3n) is 14.2. The maximum absolute atomic E-state index is 10.2. The van der Waals surface area contributed by atoms with Crippen molar-refractivity contribution in [2.24, 2.45) is 0 Å². The standard InChI is InChI=1S/C66H54N6S/c1-65(2,3)47-41-56-55-38-44(43-67)36-37-60(55)71(61(56)57(42-47)66(4,5)6)48-24-20-22-45(39-48)62-68-63(70-64(69-62)72-58-34-18-16-32-53(58)54-33-17-19-35-59(54)72)46-23-21-31-52(40-46)73(49-25-10-7-11-26-49,50-27-12-8-13-28-50)51-29-14-9-15-30-51/h7-42H,1-6H3. The van der Waals surface area contributed by atoms with Gasteiger partial charge in [0.05, 0.1) is 33.7 Å². The quantitative estimate of drug-likeness (QED) is 0.152. The largest absolute Gasteiger partial charge is 0.309 e. The van der Waals surface area contributed by atoms with Gasteiger partial charge in [-0.05, 0) is 119 Å². The molecular weight excluding hydrogens is 909 g/mol. The van der Waals surface area contributed by atoms with Gasteiger partial charge in [0.15, 0.2) is 11.6 Å². The van der Waals surface area contributed by atoms with E-state index in [0.29, 0.717) is 23.2 Å². The minimum absolute atomic E-state index is 0.0905. The van der Waals surface area contributed by atoms with E-state index in [1.807, 2.05) is 12.1 Å². The predicted octanol–water partition coefficient (Wildman–Crippen LogP) is 17.2. The van der Waals surface area contributed by atoms with E-state index in [0.717, 1.165) is 60.4 Å². The van der Waals surface area contributed by atoms with Gasteiger partial charge in [0, 0.05) is 57.9 Å². The lowest BCUT2D eigenvalue weighted by atomic mass is 9.79. The number of fused-ring (bicyclic) bond motifs is 6. The van der Waals surface area contributed by atoms with Crippen LogP contribution in [0.2, 0.25) is 0 Å². The fraction of sp³-hybridized carbons (Fsp3) is 0.121. The Bertz CT molecular complexity index is 3960. The smallest absolute Gasteiger partial charge is 0.238 e. The molecule has 0 aliphatic heterocycles. The topological polar surface area (TPSA) is 72.3 Å². The zero-order chi connectivity index (χ0) is 50.1. The molecular formula is C66H54N6S. The average Bonchev–Trinajstić information content (AvgIpc) is 3.94. The van der Waals surface area contributed by atoms with Crippen LogP contribution in [-0.2, 0) is 10.8 Å². The molecule has 3 aromatic heterocycles. The van der Waals surface area contributed by atoms with Gasteiger partial charge in [-0.2, -0.15) is 15.2 Å². The molecule has 0 atom stereocenters. The van der Waals surface area contributed by atoms with Crippen molar-refractivity contribution in [2.75, 3.05) is 0 Å². The second-order valence-electron chi connectivity index (χ2n) is 20.9. The van der Waals surface area contributed by atoms with Gasteiger partial charge in [-0.3, -0.25) is 4.57 Å². The number of benzene rings is 9. The Morgan fingerprint density at radius 1 is 0.411 bits per heavy atom. The van der Waals surface area contributed by atoms with Crippen molar-refractivity contribution in [3.8, 4) is 40.5 Å². The van der Waals surface area contributed by atoms with Crippen LogP contribution in [-0.4, -0.2) is 24.1 Å². The predicted molar refractivity (Wildman–Crippen MR) is 301 cm³/mol. The van der Waals surface area contributed by atoms with Gasteiger partial charge in [0.1, 0.15) is 0 Å². The molecule has 12 aromatic rings. The van der Waals surface area contributed by atoms with Gasteiger partial charge < -0.3 is 4.57 Å². The monoisotopic (exact) mass is 962 g/mol. The molecule has 0 bridgehead atoms. The zero-order valence-corrected chi connectivity index (χ0v) is 42.7. The average molecular weight is 963 g/mol. The van der Waals surface area contributed by atoms with Crippen molar-refractivity contribution in [2.45, 2.75) is 72.0 Å². The van der Waals surface area contributed by atoms with Gasteiger partial charge in [-0.25, -0.2) is 4.98 Å². The van der Waals surface area contributed by atoms with Crippen molar-refractivity contribution >= 4 is 53.6 Å². The van der Waals surface area contributed by atoms with Crippen LogP contribution in [0, 0.1) is 11.3 Å². The van der Waals surface area contributed by atoms with Crippen LogP contribution in [0.4, 0.5) is 0 Å². The van der Waals surface area contributed by atoms with E-state index in [4.69, 9.17) is 15.0 Å². The van der Waals surface area contributed by atoms with Gasteiger partial charge in [-0.1, -0.05) is 163 Å². The summed E-state index contributed by atoms with van der Waals surface area (Å²) in [7, 11) is -2.01. The molecule has 354 valence electrons. The third kappa shape index (κ3) is 7.69. The molecule has 0 unspecified atom stereocenters. The number of nitriles is 1. The minimum Gasteiger partial charge on any atom is -0.309 e. The molecule has 0 N–H and O–H groups in total. The maximum atomic E-state index is 10.2.